The maximum absolute atomic E-state index is 5.13. The maximum Gasteiger partial charge on any atom is 0.137 e. The van der Waals surface area contributed by atoms with Crippen LogP contribution in [-0.4, -0.2) is 46.4 Å². The summed E-state index contributed by atoms with van der Waals surface area (Å²) in [5.41, 5.74) is 2.09. The topological polar surface area (TPSA) is 29.8 Å². The molecule has 2 aromatic heterocycles. The molecule has 0 radical (unpaired) electrons. The third-order valence-corrected chi connectivity index (χ3v) is 3.17. The lowest BCUT2D eigenvalue weighted by atomic mass is 10.4. The van der Waals surface area contributed by atoms with E-state index in [1.54, 1.807) is 7.11 Å². The van der Waals surface area contributed by atoms with Crippen molar-refractivity contribution in [1.82, 2.24) is 14.3 Å². The molecule has 0 N–H and O–H groups in total. The molecule has 18 heavy (non-hydrogen) atoms. The second kappa shape index (κ2) is 6.87. The van der Waals surface area contributed by atoms with Gasteiger partial charge in [-0.3, -0.25) is 4.90 Å². The first-order valence-electron chi connectivity index (χ1n) is 6.03. The number of fused-ring (bicyclic) bond motifs is 1. The molecule has 0 amide bonds. The molecule has 0 unspecified atom stereocenters. The Hall–Kier alpha value is -0.910. The summed E-state index contributed by atoms with van der Waals surface area (Å²) in [4.78, 5) is 6.94. The average molecular weight is 312 g/mol. The zero-order valence-corrected chi connectivity index (χ0v) is 12.1. The molecule has 0 saturated heterocycles. The summed E-state index contributed by atoms with van der Waals surface area (Å²) in [6, 6.07) is 6.04. The summed E-state index contributed by atoms with van der Waals surface area (Å²) < 4.78 is 7.19. The van der Waals surface area contributed by atoms with Crippen molar-refractivity contribution in [3.8, 4) is 0 Å². The Morgan fingerprint density at radius 3 is 3.00 bits per heavy atom. The van der Waals surface area contributed by atoms with Crippen LogP contribution in [0.1, 0.15) is 5.69 Å². The first-order valence-corrected chi connectivity index (χ1v) is 7.15. The number of rotatable bonds is 7. The second-order valence-electron chi connectivity index (χ2n) is 4.16. The molecule has 2 aromatic rings. The van der Waals surface area contributed by atoms with Crippen molar-refractivity contribution >= 4 is 21.6 Å². The predicted molar refractivity (Wildman–Crippen MR) is 76.1 cm³/mol. The zero-order valence-electron chi connectivity index (χ0n) is 10.6. The Labute approximate surface area is 116 Å². The van der Waals surface area contributed by atoms with E-state index in [0.717, 1.165) is 42.9 Å². The van der Waals surface area contributed by atoms with Crippen LogP contribution >= 0.6 is 15.9 Å². The lowest BCUT2D eigenvalue weighted by Gasteiger charge is -2.19. The van der Waals surface area contributed by atoms with Gasteiger partial charge in [0.2, 0.25) is 0 Å². The Balaban J connectivity index is 2.05. The lowest BCUT2D eigenvalue weighted by Crippen LogP contribution is -2.29. The number of aromatic nitrogens is 2. The van der Waals surface area contributed by atoms with Crippen molar-refractivity contribution in [2.45, 2.75) is 6.54 Å². The number of halogens is 1. The van der Waals surface area contributed by atoms with Crippen molar-refractivity contribution in [2.75, 3.05) is 32.1 Å². The standard InChI is InChI=1S/C13H18BrN3O/c1-18-9-8-16(7-5-14)10-12-11-17-6-3-2-4-13(17)15-12/h2-4,6,11H,5,7-10H2,1H3. The van der Waals surface area contributed by atoms with E-state index < -0.39 is 0 Å². The van der Waals surface area contributed by atoms with Crippen molar-refractivity contribution in [3.05, 3.63) is 36.3 Å². The molecule has 5 heteroatoms. The molecule has 0 aliphatic rings. The normalized spacial score (nSPS) is 11.5. The Bertz CT molecular complexity index is 453. The van der Waals surface area contributed by atoms with Crippen molar-refractivity contribution in [3.63, 3.8) is 0 Å². The number of ether oxygens (including phenoxy) is 1. The molecule has 0 saturated carbocycles. The van der Waals surface area contributed by atoms with Gasteiger partial charge in [-0.25, -0.2) is 4.98 Å². The number of methoxy groups -OCH3 is 1. The first-order chi connectivity index (χ1) is 8.83. The summed E-state index contributed by atoms with van der Waals surface area (Å²) in [7, 11) is 1.73. The number of hydrogen-bond acceptors (Lipinski definition) is 3. The maximum atomic E-state index is 5.13. The van der Waals surface area contributed by atoms with Gasteiger partial charge in [0, 0.05) is 44.5 Å². The molecule has 4 nitrogen and oxygen atoms in total. The summed E-state index contributed by atoms with van der Waals surface area (Å²) in [6.45, 7) is 3.53. The van der Waals surface area contributed by atoms with Crippen LogP contribution in [-0.2, 0) is 11.3 Å². The van der Waals surface area contributed by atoms with E-state index >= 15 is 0 Å². The fraction of sp³-hybridized carbons (Fsp3) is 0.462. The summed E-state index contributed by atoms with van der Waals surface area (Å²) >= 11 is 3.48. The van der Waals surface area contributed by atoms with Crippen molar-refractivity contribution in [2.24, 2.45) is 0 Å². The van der Waals surface area contributed by atoms with E-state index in [9.17, 15) is 0 Å². The third-order valence-electron chi connectivity index (χ3n) is 2.81. The summed E-state index contributed by atoms with van der Waals surface area (Å²) in [5.74, 6) is 0. The van der Waals surface area contributed by atoms with Gasteiger partial charge in [0.25, 0.3) is 0 Å². The molecular weight excluding hydrogens is 294 g/mol. The molecule has 0 fully saturated rings. The lowest BCUT2D eigenvalue weighted by molar-refractivity contribution is 0.147. The summed E-state index contributed by atoms with van der Waals surface area (Å²) in [6.07, 6.45) is 4.11. The molecule has 0 aromatic carbocycles. The van der Waals surface area contributed by atoms with Crippen LogP contribution in [0.5, 0.6) is 0 Å². The molecule has 0 aliphatic heterocycles. The highest BCUT2D eigenvalue weighted by Crippen LogP contribution is 2.07. The smallest absolute Gasteiger partial charge is 0.137 e. The van der Waals surface area contributed by atoms with E-state index in [1.807, 2.05) is 24.4 Å². The van der Waals surface area contributed by atoms with Crippen LogP contribution in [0, 0.1) is 0 Å². The average Bonchev–Trinajstić information content (AvgIpc) is 2.78. The largest absolute Gasteiger partial charge is 0.383 e. The van der Waals surface area contributed by atoms with Crippen LogP contribution in [0.4, 0.5) is 0 Å². The molecule has 0 aliphatic carbocycles. The molecular formula is C13H18BrN3O. The van der Waals surface area contributed by atoms with Gasteiger partial charge in [0.1, 0.15) is 5.65 Å². The van der Waals surface area contributed by atoms with Gasteiger partial charge < -0.3 is 9.14 Å². The molecule has 98 valence electrons. The third kappa shape index (κ3) is 3.54. The number of pyridine rings is 1. The predicted octanol–water partition coefficient (Wildman–Crippen LogP) is 2.18. The van der Waals surface area contributed by atoms with Gasteiger partial charge in [0.15, 0.2) is 0 Å². The number of nitrogens with zero attached hydrogens (tertiary/aromatic N) is 3. The van der Waals surface area contributed by atoms with E-state index in [4.69, 9.17) is 4.74 Å². The molecule has 0 spiro atoms. The number of hydrogen-bond donors (Lipinski definition) is 0. The van der Waals surface area contributed by atoms with Gasteiger partial charge in [-0.2, -0.15) is 0 Å². The molecule has 0 bridgehead atoms. The zero-order chi connectivity index (χ0) is 12.8. The molecule has 0 atom stereocenters. The van der Waals surface area contributed by atoms with Gasteiger partial charge in [-0.15, -0.1) is 0 Å². The van der Waals surface area contributed by atoms with Crippen LogP contribution < -0.4 is 0 Å². The van der Waals surface area contributed by atoms with Gasteiger partial charge in [-0.1, -0.05) is 22.0 Å². The highest BCUT2D eigenvalue weighted by Gasteiger charge is 2.08. The minimum atomic E-state index is 0.750. The highest BCUT2D eigenvalue weighted by atomic mass is 79.9. The quantitative estimate of drug-likeness (QED) is 0.734. The van der Waals surface area contributed by atoms with Gasteiger partial charge in [-0.05, 0) is 12.1 Å². The minimum absolute atomic E-state index is 0.750. The fourth-order valence-corrected chi connectivity index (χ4v) is 2.40. The highest BCUT2D eigenvalue weighted by molar-refractivity contribution is 9.09. The Morgan fingerprint density at radius 1 is 1.39 bits per heavy atom. The van der Waals surface area contributed by atoms with Gasteiger partial charge >= 0.3 is 0 Å². The summed E-state index contributed by atoms with van der Waals surface area (Å²) in [5, 5.41) is 0.962. The Kier molecular flexibility index (Phi) is 5.16. The van der Waals surface area contributed by atoms with E-state index in [0.29, 0.717) is 0 Å². The fourth-order valence-electron chi connectivity index (χ4n) is 1.90. The van der Waals surface area contributed by atoms with Crippen LogP contribution in [0.2, 0.25) is 0 Å². The van der Waals surface area contributed by atoms with E-state index in [2.05, 4.69) is 36.4 Å². The van der Waals surface area contributed by atoms with Gasteiger partial charge in [0.05, 0.1) is 12.3 Å². The molecule has 2 heterocycles. The number of imidazole rings is 1. The molecule has 2 rings (SSSR count). The van der Waals surface area contributed by atoms with Crippen LogP contribution in [0.25, 0.3) is 5.65 Å². The van der Waals surface area contributed by atoms with E-state index in [1.165, 1.54) is 0 Å². The second-order valence-corrected chi connectivity index (χ2v) is 4.95. The SMILES string of the molecule is COCCN(CCBr)Cc1cn2ccccc2n1. The van der Waals surface area contributed by atoms with Crippen molar-refractivity contribution in [1.29, 1.82) is 0 Å². The minimum Gasteiger partial charge on any atom is -0.383 e. The Morgan fingerprint density at radius 2 is 2.28 bits per heavy atom. The monoisotopic (exact) mass is 311 g/mol. The van der Waals surface area contributed by atoms with Crippen LogP contribution in [0.15, 0.2) is 30.6 Å². The van der Waals surface area contributed by atoms with Crippen molar-refractivity contribution < 1.29 is 4.74 Å². The van der Waals surface area contributed by atoms with E-state index in [-0.39, 0.29) is 0 Å². The van der Waals surface area contributed by atoms with Crippen LogP contribution in [0.3, 0.4) is 0 Å². The number of alkyl halides is 1. The first kappa shape index (κ1) is 13.5.